The summed E-state index contributed by atoms with van der Waals surface area (Å²) in [6, 6.07) is 26.0. The Morgan fingerprint density at radius 2 is 1.51 bits per heavy atom. The zero-order chi connectivity index (χ0) is 27.2. The summed E-state index contributed by atoms with van der Waals surface area (Å²) in [6.07, 6.45) is 1.73. The Hall–Kier alpha value is -4.13. The van der Waals surface area contributed by atoms with Crippen molar-refractivity contribution in [3.8, 4) is 11.1 Å². The van der Waals surface area contributed by atoms with Crippen molar-refractivity contribution >= 4 is 18.0 Å². The third-order valence-corrected chi connectivity index (χ3v) is 7.74. The highest BCUT2D eigenvalue weighted by molar-refractivity contribution is 5.79. The van der Waals surface area contributed by atoms with Crippen LogP contribution in [0.5, 0.6) is 0 Å². The molecule has 1 fully saturated rings. The first-order chi connectivity index (χ1) is 19.0. The van der Waals surface area contributed by atoms with Crippen molar-refractivity contribution in [1.82, 2.24) is 10.2 Å². The number of aliphatic carboxylic acids is 1. The number of benzene rings is 3. The Bertz CT molecular complexity index is 1280. The molecule has 0 bridgehead atoms. The van der Waals surface area contributed by atoms with E-state index in [0.29, 0.717) is 19.0 Å². The van der Waals surface area contributed by atoms with Gasteiger partial charge in [0.05, 0.1) is 6.42 Å². The fraction of sp³-hybridized carbons (Fsp3) is 0.344. The molecule has 0 aliphatic heterocycles. The highest BCUT2D eigenvalue weighted by Crippen LogP contribution is 2.44. The number of carboxylic acids is 1. The molecule has 0 spiro atoms. The van der Waals surface area contributed by atoms with E-state index in [-0.39, 0.29) is 43.7 Å². The van der Waals surface area contributed by atoms with Gasteiger partial charge in [0.2, 0.25) is 5.91 Å². The minimum Gasteiger partial charge on any atom is -0.481 e. The molecule has 2 amide bonds. The predicted octanol–water partition coefficient (Wildman–Crippen LogP) is 5.44. The second kappa shape index (κ2) is 12.2. The Kier molecular flexibility index (Phi) is 8.25. The highest BCUT2D eigenvalue weighted by Gasteiger charge is 2.34. The molecule has 202 valence electrons. The summed E-state index contributed by atoms with van der Waals surface area (Å²) in [5.74, 6) is -0.672. The summed E-state index contributed by atoms with van der Waals surface area (Å²) < 4.78 is 5.68. The number of carbonyl (C=O) groups is 3. The topological polar surface area (TPSA) is 95.9 Å². The lowest BCUT2D eigenvalue weighted by atomic mass is 9.98. The van der Waals surface area contributed by atoms with E-state index in [1.165, 1.54) is 11.1 Å². The zero-order valence-corrected chi connectivity index (χ0v) is 21.9. The van der Waals surface area contributed by atoms with Gasteiger partial charge in [0.1, 0.15) is 6.61 Å². The number of nitrogens with one attached hydrogen (secondary N) is 1. The van der Waals surface area contributed by atoms with Crippen LogP contribution < -0.4 is 5.32 Å². The van der Waals surface area contributed by atoms with Gasteiger partial charge in [-0.1, -0.05) is 78.9 Å². The number of rotatable bonds is 12. The van der Waals surface area contributed by atoms with Crippen molar-refractivity contribution in [2.75, 3.05) is 19.7 Å². The summed E-state index contributed by atoms with van der Waals surface area (Å²) in [5.41, 5.74) is 5.63. The maximum Gasteiger partial charge on any atom is 0.407 e. The molecule has 0 heterocycles. The number of carboxylic acid groups (broad SMARTS) is 1. The Labute approximate surface area is 228 Å². The van der Waals surface area contributed by atoms with Crippen molar-refractivity contribution in [2.24, 2.45) is 11.8 Å². The first-order valence-corrected chi connectivity index (χ1v) is 13.6. The second-order valence-electron chi connectivity index (χ2n) is 10.5. The first kappa shape index (κ1) is 26.5. The monoisotopic (exact) mass is 526 g/mol. The molecule has 7 nitrogen and oxygen atoms in total. The molecule has 3 aromatic carbocycles. The van der Waals surface area contributed by atoms with E-state index in [4.69, 9.17) is 4.74 Å². The van der Waals surface area contributed by atoms with Crippen molar-refractivity contribution in [2.45, 2.75) is 38.1 Å². The minimum atomic E-state index is -0.934. The van der Waals surface area contributed by atoms with Gasteiger partial charge in [-0.3, -0.25) is 9.59 Å². The SMILES string of the molecule is O=C(O)CCN(Cc1ccccc1)C(=O)CC(CNC(=O)OCC1c2ccccc2-c2ccccc21)C1CC1. The molecule has 5 rings (SSSR count). The Morgan fingerprint density at radius 3 is 2.13 bits per heavy atom. The molecule has 0 saturated heterocycles. The van der Waals surface area contributed by atoms with Crippen molar-refractivity contribution in [3.05, 3.63) is 95.6 Å². The maximum absolute atomic E-state index is 13.3. The lowest BCUT2D eigenvalue weighted by molar-refractivity contribution is -0.139. The molecule has 2 N–H and O–H groups in total. The van der Waals surface area contributed by atoms with E-state index < -0.39 is 12.1 Å². The van der Waals surface area contributed by atoms with Gasteiger partial charge in [-0.15, -0.1) is 0 Å². The molecular formula is C32H34N2O5. The van der Waals surface area contributed by atoms with Gasteiger partial charge in [-0.25, -0.2) is 4.79 Å². The van der Waals surface area contributed by atoms with Gasteiger partial charge in [-0.2, -0.15) is 0 Å². The van der Waals surface area contributed by atoms with Gasteiger partial charge in [0.15, 0.2) is 0 Å². The third kappa shape index (κ3) is 6.66. The average molecular weight is 527 g/mol. The molecule has 1 unspecified atom stereocenters. The maximum atomic E-state index is 13.3. The summed E-state index contributed by atoms with van der Waals surface area (Å²) in [5, 5.41) is 12.1. The van der Waals surface area contributed by atoms with E-state index in [0.717, 1.165) is 29.5 Å². The zero-order valence-electron chi connectivity index (χ0n) is 21.9. The fourth-order valence-corrected chi connectivity index (χ4v) is 5.52. The number of nitrogens with zero attached hydrogens (tertiary/aromatic N) is 1. The van der Waals surface area contributed by atoms with Crippen molar-refractivity contribution in [3.63, 3.8) is 0 Å². The number of fused-ring (bicyclic) bond motifs is 3. The van der Waals surface area contributed by atoms with Crippen LogP contribution >= 0.6 is 0 Å². The largest absolute Gasteiger partial charge is 0.481 e. The number of ether oxygens (including phenoxy) is 1. The molecule has 3 aromatic rings. The predicted molar refractivity (Wildman–Crippen MR) is 148 cm³/mol. The average Bonchev–Trinajstić information content (AvgIpc) is 3.75. The Morgan fingerprint density at radius 1 is 0.897 bits per heavy atom. The molecule has 1 saturated carbocycles. The van der Waals surface area contributed by atoms with E-state index >= 15 is 0 Å². The number of alkyl carbamates (subject to hydrolysis) is 1. The van der Waals surface area contributed by atoms with Crippen LogP contribution in [-0.4, -0.2) is 47.7 Å². The van der Waals surface area contributed by atoms with Gasteiger partial charge in [0.25, 0.3) is 0 Å². The molecule has 39 heavy (non-hydrogen) atoms. The van der Waals surface area contributed by atoms with E-state index in [1.54, 1.807) is 4.90 Å². The van der Waals surface area contributed by atoms with Crippen LogP contribution in [0.25, 0.3) is 11.1 Å². The molecular weight excluding hydrogens is 492 g/mol. The summed E-state index contributed by atoms with van der Waals surface area (Å²) >= 11 is 0. The minimum absolute atomic E-state index is 0.00950. The van der Waals surface area contributed by atoms with Crippen molar-refractivity contribution in [1.29, 1.82) is 0 Å². The number of hydrogen-bond acceptors (Lipinski definition) is 4. The second-order valence-corrected chi connectivity index (χ2v) is 10.5. The van der Waals surface area contributed by atoms with E-state index in [2.05, 4.69) is 29.6 Å². The lowest BCUT2D eigenvalue weighted by Crippen LogP contribution is -2.37. The molecule has 1 atom stereocenters. The number of amides is 2. The fourth-order valence-electron chi connectivity index (χ4n) is 5.52. The molecule has 2 aliphatic rings. The summed E-state index contributed by atoms with van der Waals surface area (Å²) in [7, 11) is 0. The number of carbonyl (C=O) groups excluding carboxylic acids is 2. The third-order valence-electron chi connectivity index (χ3n) is 7.74. The summed E-state index contributed by atoms with van der Waals surface area (Å²) in [6.45, 7) is 1.11. The smallest absolute Gasteiger partial charge is 0.407 e. The molecule has 7 heteroatoms. The standard InChI is InChI=1S/C32H34N2O5/c35-30(34(17-16-31(36)37)20-22-8-2-1-3-9-22)18-24(23-14-15-23)19-33-32(38)39-21-29-27-12-6-4-10-25(27)26-11-5-7-13-28(26)29/h1-13,23-24,29H,14-21H2,(H,33,38)(H,36,37). The number of hydrogen-bond donors (Lipinski definition) is 2. The van der Waals surface area contributed by atoms with Crippen LogP contribution in [0.3, 0.4) is 0 Å². The van der Waals surface area contributed by atoms with Gasteiger partial charge in [-0.05, 0) is 52.5 Å². The van der Waals surface area contributed by atoms with Crippen LogP contribution in [-0.2, 0) is 20.9 Å². The van der Waals surface area contributed by atoms with Crippen LogP contribution in [0.4, 0.5) is 4.79 Å². The van der Waals surface area contributed by atoms with Gasteiger partial charge in [0, 0.05) is 32.0 Å². The van der Waals surface area contributed by atoms with Crippen LogP contribution in [0.1, 0.15) is 48.3 Å². The van der Waals surface area contributed by atoms with E-state index in [1.807, 2.05) is 54.6 Å². The normalized spacial score (nSPS) is 14.7. The van der Waals surface area contributed by atoms with Crippen molar-refractivity contribution < 1.29 is 24.2 Å². The quantitative estimate of drug-likeness (QED) is 0.327. The molecule has 0 aromatic heterocycles. The lowest BCUT2D eigenvalue weighted by Gasteiger charge is -2.25. The van der Waals surface area contributed by atoms with Crippen LogP contribution in [0, 0.1) is 11.8 Å². The highest BCUT2D eigenvalue weighted by atomic mass is 16.5. The van der Waals surface area contributed by atoms with Gasteiger partial charge < -0.3 is 20.1 Å². The molecule has 0 radical (unpaired) electrons. The van der Waals surface area contributed by atoms with Crippen LogP contribution in [0.2, 0.25) is 0 Å². The van der Waals surface area contributed by atoms with Gasteiger partial charge >= 0.3 is 12.1 Å². The summed E-state index contributed by atoms with van der Waals surface area (Å²) in [4.78, 5) is 38.8. The molecule has 2 aliphatic carbocycles. The van der Waals surface area contributed by atoms with E-state index in [9.17, 15) is 19.5 Å². The Balaban J connectivity index is 1.16. The first-order valence-electron chi connectivity index (χ1n) is 13.6. The van der Waals surface area contributed by atoms with Crippen LogP contribution in [0.15, 0.2) is 78.9 Å².